The highest BCUT2D eigenvalue weighted by atomic mass is 14.4. The summed E-state index contributed by atoms with van der Waals surface area (Å²) in [7, 11) is 0. The van der Waals surface area contributed by atoms with Crippen LogP contribution in [0.2, 0.25) is 0 Å². The second kappa shape index (κ2) is 5.21. The third-order valence-corrected chi connectivity index (χ3v) is 4.64. The topological polar surface area (TPSA) is 0 Å². The van der Waals surface area contributed by atoms with Crippen LogP contribution < -0.4 is 0 Å². The predicted molar refractivity (Wildman–Crippen MR) is 81.5 cm³/mol. The molecule has 0 saturated heterocycles. The molecule has 0 N–H and O–H groups in total. The van der Waals surface area contributed by atoms with Crippen LogP contribution in [0.4, 0.5) is 0 Å². The number of hydrogen-bond acceptors (Lipinski definition) is 0. The zero-order chi connectivity index (χ0) is 13.1. The second-order valence-corrected chi connectivity index (χ2v) is 5.87. The van der Waals surface area contributed by atoms with E-state index in [1.807, 2.05) is 0 Å². The fourth-order valence-corrected chi connectivity index (χ4v) is 3.53. The van der Waals surface area contributed by atoms with E-state index in [0.717, 1.165) is 0 Å². The van der Waals surface area contributed by atoms with Gasteiger partial charge in [0.25, 0.3) is 0 Å². The van der Waals surface area contributed by atoms with Gasteiger partial charge in [-0.15, -0.1) is 0 Å². The van der Waals surface area contributed by atoms with Crippen molar-refractivity contribution < 1.29 is 0 Å². The van der Waals surface area contributed by atoms with Gasteiger partial charge in [-0.2, -0.15) is 0 Å². The van der Waals surface area contributed by atoms with Crippen molar-refractivity contribution in [3.8, 4) is 0 Å². The maximum atomic E-state index is 2.34. The summed E-state index contributed by atoms with van der Waals surface area (Å²) >= 11 is 0. The fourth-order valence-electron chi connectivity index (χ4n) is 3.53. The van der Waals surface area contributed by atoms with Crippen LogP contribution in [-0.4, -0.2) is 0 Å². The van der Waals surface area contributed by atoms with E-state index < -0.39 is 0 Å². The Labute approximate surface area is 116 Å². The van der Waals surface area contributed by atoms with E-state index in [2.05, 4.69) is 61.5 Å². The lowest BCUT2D eigenvalue weighted by Crippen LogP contribution is -2.30. The van der Waals surface area contributed by atoms with E-state index in [-0.39, 0.29) is 5.41 Å². The van der Waals surface area contributed by atoms with E-state index in [0.29, 0.717) is 0 Å². The maximum Gasteiger partial charge on any atom is 0.0202 e. The lowest BCUT2D eigenvalue weighted by atomic mass is 9.65. The first-order valence-electron chi connectivity index (χ1n) is 7.44. The monoisotopic (exact) mass is 250 g/mol. The number of hydrogen-bond donors (Lipinski definition) is 0. The molecule has 0 heterocycles. The third-order valence-electron chi connectivity index (χ3n) is 4.64. The molecule has 0 atom stereocenters. The van der Waals surface area contributed by atoms with Crippen LogP contribution in [0.3, 0.4) is 0 Å². The van der Waals surface area contributed by atoms with Gasteiger partial charge in [-0.3, -0.25) is 0 Å². The summed E-state index contributed by atoms with van der Waals surface area (Å²) in [6.45, 7) is 2.17. The van der Waals surface area contributed by atoms with E-state index in [9.17, 15) is 0 Å². The Morgan fingerprint density at radius 1 is 0.684 bits per heavy atom. The van der Waals surface area contributed by atoms with Crippen molar-refractivity contribution in [2.45, 2.75) is 44.4 Å². The molecule has 1 aliphatic rings. The quantitative estimate of drug-likeness (QED) is 0.683. The Balaban J connectivity index is 2.09. The minimum Gasteiger partial charge on any atom is -0.0622 e. The lowest BCUT2D eigenvalue weighted by Gasteiger charge is -2.38. The van der Waals surface area contributed by atoms with Crippen LogP contribution in [0.1, 0.15) is 48.8 Å². The van der Waals surface area contributed by atoms with Crippen LogP contribution >= 0.6 is 0 Å². The Kier molecular flexibility index (Phi) is 3.42. The molecule has 1 fully saturated rings. The molecule has 0 amide bonds. The molecule has 2 aromatic carbocycles. The molecule has 2 aromatic rings. The molecule has 0 aliphatic heterocycles. The van der Waals surface area contributed by atoms with Gasteiger partial charge in [-0.05, 0) is 30.9 Å². The number of rotatable bonds is 2. The molecule has 0 unspecified atom stereocenters. The standard InChI is InChI=1S/C19H22/c1-16-10-12-18(13-11-16)19(14-6-3-7-15-19)17-8-4-2-5-9-17/h2,4-5,8-13H,3,6-7,14-15H2,1H3. The molecule has 19 heavy (non-hydrogen) atoms. The molecule has 0 nitrogen and oxygen atoms in total. The van der Waals surface area contributed by atoms with Gasteiger partial charge >= 0.3 is 0 Å². The summed E-state index contributed by atoms with van der Waals surface area (Å²) in [6.07, 6.45) is 6.67. The number of aryl methyl sites for hydroxylation is 1. The summed E-state index contributed by atoms with van der Waals surface area (Å²) in [5.41, 5.74) is 4.61. The SMILES string of the molecule is Cc1ccc(C2(c3ccccc3)CCCCC2)cc1. The highest BCUT2D eigenvalue weighted by Gasteiger charge is 2.35. The molecule has 0 aromatic heterocycles. The van der Waals surface area contributed by atoms with Crippen LogP contribution in [0.15, 0.2) is 54.6 Å². The Hall–Kier alpha value is -1.56. The van der Waals surface area contributed by atoms with Gasteiger partial charge < -0.3 is 0 Å². The first kappa shape index (κ1) is 12.5. The molecule has 0 spiro atoms. The zero-order valence-corrected chi connectivity index (χ0v) is 11.7. The largest absolute Gasteiger partial charge is 0.0622 e. The van der Waals surface area contributed by atoms with Crippen molar-refractivity contribution >= 4 is 0 Å². The van der Waals surface area contributed by atoms with Crippen molar-refractivity contribution in [2.24, 2.45) is 0 Å². The second-order valence-electron chi connectivity index (χ2n) is 5.87. The lowest BCUT2D eigenvalue weighted by molar-refractivity contribution is 0.346. The van der Waals surface area contributed by atoms with Crippen LogP contribution in [-0.2, 0) is 5.41 Å². The van der Waals surface area contributed by atoms with Crippen molar-refractivity contribution in [1.29, 1.82) is 0 Å². The molecular weight excluding hydrogens is 228 g/mol. The van der Waals surface area contributed by atoms with Crippen molar-refractivity contribution in [1.82, 2.24) is 0 Å². The molecule has 1 saturated carbocycles. The average Bonchev–Trinajstić information content (AvgIpc) is 2.49. The van der Waals surface area contributed by atoms with E-state index >= 15 is 0 Å². The van der Waals surface area contributed by atoms with Gasteiger partial charge in [0.05, 0.1) is 0 Å². The smallest absolute Gasteiger partial charge is 0.0202 e. The molecule has 98 valence electrons. The summed E-state index contributed by atoms with van der Waals surface area (Å²) < 4.78 is 0. The normalized spacial score (nSPS) is 18.2. The summed E-state index contributed by atoms with van der Waals surface area (Å²) in [5, 5.41) is 0. The van der Waals surface area contributed by atoms with Crippen molar-refractivity contribution in [3.63, 3.8) is 0 Å². The van der Waals surface area contributed by atoms with Gasteiger partial charge in [0.1, 0.15) is 0 Å². The molecule has 0 bridgehead atoms. The van der Waals surface area contributed by atoms with Gasteiger partial charge in [-0.1, -0.05) is 79.4 Å². The van der Waals surface area contributed by atoms with Gasteiger partial charge in [0.15, 0.2) is 0 Å². The van der Waals surface area contributed by atoms with E-state index in [1.165, 1.54) is 48.8 Å². The van der Waals surface area contributed by atoms with Crippen molar-refractivity contribution in [3.05, 3.63) is 71.3 Å². The van der Waals surface area contributed by atoms with Crippen molar-refractivity contribution in [2.75, 3.05) is 0 Å². The van der Waals surface area contributed by atoms with Gasteiger partial charge in [0.2, 0.25) is 0 Å². The first-order chi connectivity index (χ1) is 9.31. The maximum absolute atomic E-state index is 2.34. The Bertz CT molecular complexity index is 516. The molecular formula is C19H22. The summed E-state index contributed by atoms with van der Waals surface area (Å²) in [6, 6.07) is 20.3. The van der Waals surface area contributed by atoms with Gasteiger partial charge in [-0.25, -0.2) is 0 Å². The average molecular weight is 250 g/mol. The highest BCUT2D eigenvalue weighted by Crippen LogP contribution is 2.44. The Morgan fingerprint density at radius 2 is 1.26 bits per heavy atom. The third kappa shape index (κ3) is 2.32. The number of benzene rings is 2. The van der Waals surface area contributed by atoms with E-state index in [1.54, 1.807) is 0 Å². The summed E-state index contributed by atoms with van der Waals surface area (Å²) in [5.74, 6) is 0. The predicted octanol–water partition coefficient (Wildman–Crippen LogP) is 5.25. The van der Waals surface area contributed by atoms with Crippen LogP contribution in [0.25, 0.3) is 0 Å². The molecule has 3 rings (SSSR count). The zero-order valence-electron chi connectivity index (χ0n) is 11.7. The minimum absolute atomic E-state index is 0.257. The Morgan fingerprint density at radius 3 is 1.89 bits per heavy atom. The van der Waals surface area contributed by atoms with Crippen LogP contribution in [0.5, 0.6) is 0 Å². The fraction of sp³-hybridized carbons (Fsp3) is 0.368. The summed E-state index contributed by atoms with van der Waals surface area (Å²) in [4.78, 5) is 0. The molecule has 1 aliphatic carbocycles. The highest BCUT2D eigenvalue weighted by molar-refractivity contribution is 5.40. The van der Waals surface area contributed by atoms with Crippen LogP contribution in [0, 0.1) is 6.92 Å². The molecule has 0 heteroatoms. The van der Waals surface area contributed by atoms with E-state index in [4.69, 9.17) is 0 Å². The minimum atomic E-state index is 0.257. The first-order valence-corrected chi connectivity index (χ1v) is 7.44. The van der Waals surface area contributed by atoms with Gasteiger partial charge in [0, 0.05) is 5.41 Å². The molecule has 0 radical (unpaired) electrons.